The second-order valence-corrected chi connectivity index (χ2v) is 12.5. The summed E-state index contributed by atoms with van der Waals surface area (Å²) in [5.74, 6) is 5.18. The van der Waals surface area contributed by atoms with Crippen LogP contribution >= 0.6 is 0 Å². The van der Waals surface area contributed by atoms with Crippen LogP contribution in [0.2, 0.25) is 0 Å². The van der Waals surface area contributed by atoms with Gasteiger partial charge in [0.2, 0.25) is 23.5 Å². The minimum Gasteiger partial charge on any atom is -0.476 e. The van der Waals surface area contributed by atoms with Crippen molar-refractivity contribution in [1.29, 1.82) is 0 Å². The molecule has 0 spiro atoms. The molecule has 0 unspecified atom stereocenters. The van der Waals surface area contributed by atoms with E-state index < -0.39 is 0 Å². The summed E-state index contributed by atoms with van der Waals surface area (Å²) in [7, 11) is 0. The number of hydrogen-bond acceptors (Lipinski definition) is 9. The Bertz CT molecular complexity index is 1930. The number of ether oxygens (including phenoxy) is 3. The molecule has 0 atom stereocenters. The van der Waals surface area contributed by atoms with Crippen molar-refractivity contribution < 1.29 is 14.2 Å². The highest BCUT2D eigenvalue weighted by Crippen LogP contribution is 2.35. The van der Waals surface area contributed by atoms with E-state index >= 15 is 0 Å². The van der Waals surface area contributed by atoms with E-state index in [1.165, 1.54) is 25.7 Å². The molecule has 0 radical (unpaired) electrons. The summed E-state index contributed by atoms with van der Waals surface area (Å²) in [5.41, 5.74) is 6.33. The molecule has 45 heavy (non-hydrogen) atoms. The van der Waals surface area contributed by atoms with Gasteiger partial charge in [0.05, 0.1) is 24.6 Å². The van der Waals surface area contributed by atoms with Crippen LogP contribution in [0, 0.1) is 25.7 Å². The van der Waals surface area contributed by atoms with Crippen LogP contribution in [0.15, 0.2) is 24.3 Å². The highest BCUT2D eigenvalue weighted by molar-refractivity contribution is 5.81. The predicted octanol–water partition coefficient (Wildman–Crippen LogP) is 6.76. The highest BCUT2D eigenvalue weighted by atomic mass is 16.5. The lowest BCUT2D eigenvalue weighted by Gasteiger charge is -2.13. The lowest BCUT2D eigenvalue weighted by Crippen LogP contribution is -2.07. The van der Waals surface area contributed by atoms with E-state index in [2.05, 4.69) is 22.6 Å². The molecule has 0 aromatic carbocycles. The van der Waals surface area contributed by atoms with Crippen LogP contribution in [0.3, 0.4) is 0 Å². The Morgan fingerprint density at radius 3 is 1.47 bits per heavy atom. The van der Waals surface area contributed by atoms with Gasteiger partial charge in [-0.05, 0) is 76.3 Å². The zero-order valence-corrected chi connectivity index (χ0v) is 26.3. The first kappa shape index (κ1) is 28.0. The van der Waals surface area contributed by atoms with Crippen molar-refractivity contribution in [3.05, 3.63) is 47.3 Å². The first-order valence-electron chi connectivity index (χ1n) is 16.3. The maximum atomic E-state index is 6.33. The number of aryl methyl sites for hydroxylation is 4. The Balaban J connectivity index is 1.21. The maximum absolute atomic E-state index is 6.33. The molecule has 232 valence electrons. The van der Waals surface area contributed by atoms with Crippen LogP contribution in [0.4, 0.5) is 0 Å². The molecule has 2 saturated carbocycles. The van der Waals surface area contributed by atoms with Gasteiger partial charge in [-0.1, -0.05) is 13.8 Å². The zero-order valence-electron chi connectivity index (χ0n) is 26.3. The van der Waals surface area contributed by atoms with Crippen LogP contribution < -0.4 is 14.2 Å². The summed E-state index contributed by atoms with van der Waals surface area (Å²) < 4.78 is 23.0. The zero-order chi connectivity index (χ0) is 30.7. The van der Waals surface area contributed by atoms with Crippen molar-refractivity contribution in [2.75, 3.05) is 13.2 Å². The Morgan fingerprint density at radius 1 is 0.622 bits per heavy atom. The van der Waals surface area contributed by atoms with Crippen LogP contribution in [-0.2, 0) is 12.8 Å². The molecule has 8 rings (SSSR count). The molecule has 2 fully saturated rings. The van der Waals surface area contributed by atoms with Gasteiger partial charge in [0, 0.05) is 25.0 Å². The van der Waals surface area contributed by atoms with Crippen LogP contribution in [0.5, 0.6) is 23.5 Å². The van der Waals surface area contributed by atoms with E-state index in [0.29, 0.717) is 59.9 Å². The van der Waals surface area contributed by atoms with Crippen molar-refractivity contribution in [2.24, 2.45) is 11.8 Å². The molecule has 11 nitrogen and oxygen atoms in total. The third-order valence-corrected chi connectivity index (χ3v) is 8.63. The van der Waals surface area contributed by atoms with Gasteiger partial charge in [0.15, 0.2) is 11.3 Å². The molecule has 0 aliphatic heterocycles. The lowest BCUT2D eigenvalue weighted by atomic mass is 10.3. The third-order valence-electron chi connectivity index (χ3n) is 8.63. The molecule has 0 N–H and O–H groups in total. The number of hydrogen-bond donors (Lipinski definition) is 0. The summed E-state index contributed by atoms with van der Waals surface area (Å²) in [5, 5.41) is 0. The van der Waals surface area contributed by atoms with Crippen molar-refractivity contribution in [3.63, 3.8) is 0 Å². The molecule has 2 aliphatic rings. The summed E-state index contributed by atoms with van der Waals surface area (Å²) in [6, 6.07) is 7.51. The average molecular weight is 607 g/mol. The van der Waals surface area contributed by atoms with Crippen molar-refractivity contribution in [3.8, 4) is 23.5 Å². The Hall–Kier alpha value is -4.54. The van der Waals surface area contributed by atoms with E-state index in [4.69, 9.17) is 44.1 Å². The number of rotatable bonds is 12. The average Bonchev–Trinajstić information content (AvgIpc) is 3.97. The number of nitrogens with zero attached hydrogens (tertiary/aromatic N) is 8. The monoisotopic (exact) mass is 606 g/mol. The second kappa shape index (κ2) is 11.1. The summed E-state index contributed by atoms with van der Waals surface area (Å²) in [4.78, 5) is 29.4. The van der Waals surface area contributed by atoms with Crippen LogP contribution in [0.1, 0.15) is 75.4 Å². The fourth-order valence-electron chi connectivity index (χ4n) is 5.97. The van der Waals surface area contributed by atoms with Gasteiger partial charge < -0.3 is 14.2 Å². The second-order valence-electron chi connectivity index (χ2n) is 12.5. The molecular formula is C34H38N8O3. The summed E-state index contributed by atoms with van der Waals surface area (Å²) >= 11 is 0. The number of fused-ring (bicyclic) bond motifs is 6. The molecule has 6 aromatic heterocycles. The molecule has 6 aromatic rings. The first-order valence-corrected chi connectivity index (χ1v) is 16.3. The predicted molar refractivity (Wildman–Crippen MR) is 171 cm³/mol. The minimum atomic E-state index is 0.419. The van der Waals surface area contributed by atoms with Crippen molar-refractivity contribution >= 4 is 33.4 Å². The summed E-state index contributed by atoms with van der Waals surface area (Å²) in [6.45, 7) is 9.67. The van der Waals surface area contributed by atoms with Gasteiger partial charge in [0.1, 0.15) is 33.7 Å². The van der Waals surface area contributed by atoms with Gasteiger partial charge in [-0.3, -0.25) is 8.80 Å². The smallest absolute Gasteiger partial charge is 0.241 e. The van der Waals surface area contributed by atoms with Crippen LogP contribution in [0.25, 0.3) is 33.4 Å². The highest BCUT2D eigenvalue weighted by Gasteiger charge is 2.26. The largest absolute Gasteiger partial charge is 0.476 e. The van der Waals surface area contributed by atoms with E-state index in [0.717, 1.165) is 70.8 Å². The Kier molecular flexibility index (Phi) is 6.91. The van der Waals surface area contributed by atoms with E-state index in [-0.39, 0.29) is 0 Å². The van der Waals surface area contributed by atoms with Gasteiger partial charge >= 0.3 is 0 Å². The number of aromatic nitrogens is 8. The molecule has 0 bridgehead atoms. The SMILES string of the molecule is CCCc1nc(C)c2c(OCC3CC3)nc3ccc(Oc4ccc5nc(OCC6CC6)c6c(C)nc(CCC)n6c5n4)nc3n12. The maximum Gasteiger partial charge on any atom is 0.241 e. The van der Waals surface area contributed by atoms with Crippen LogP contribution in [-0.4, -0.2) is 51.9 Å². The van der Waals surface area contributed by atoms with E-state index in [1.54, 1.807) is 0 Å². The van der Waals surface area contributed by atoms with Gasteiger partial charge in [-0.15, -0.1) is 0 Å². The van der Waals surface area contributed by atoms with Crippen molar-refractivity contribution in [1.82, 2.24) is 38.7 Å². The van der Waals surface area contributed by atoms with E-state index in [1.807, 2.05) is 38.1 Å². The Labute approximate surface area is 261 Å². The number of pyridine rings is 2. The first-order chi connectivity index (χ1) is 22.0. The van der Waals surface area contributed by atoms with Gasteiger partial charge in [-0.2, -0.15) is 9.97 Å². The quantitative estimate of drug-likeness (QED) is 0.149. The summed E-state index contributed by atoms with van der Waals surface area (Å²) in [6.07, 6.45) is 8.40. The molecule has 2 aliphatic carbocycles. The van der Waals surface area contributed by atoms with Crippen molar-refractivity contribution in [2.45, 2.75) is 79.1 Å². The normalized spacial score (nSPS) is 15.1. The van der Waals surface area contributed by atoms with Gasteiger partial charge in [-0.25, -0.2) is 19.9 Å². The fourth-order valence-corrected chi connectivity index (χ4v) is 5.97. The third kappa shape index (κ3) is 5.17. The Morgan fingerprint density at radius 2 is 1.07 bits per heavy atom. The van der Waals surface area contributed by atoms with Gasteiger partial charge in [0.25, 0.3) is 0 Å². The standard InChI is InChI=1S/C34H38N8O3/c1-5-7-25-35-19(3)29-33(43-17-21-9-10-21)37-23-13-15-27(39-31(23)41(25)29)45-28-16-14-24-32(40-28)42-26(8-6-2)36-20(4)30(42)34(38-24)44-18-22-11-12-22/h13-16,21-22H,5-12,17-18H2,1-4H3. The minimum absolute atomic E-state index is 0.419. The fraction of sp³-hybridized carbons (Fsp3) is 0.471. The number of imidazole rings is 2. The molecule has 0 saturated heterocycles. The molecule has 11 heteroatoms. The van der Waals surface area contributed by atoms with E-state index in [9.17, 15) is 0 Å². The lowest BCUT2D eigenvalue weighted by molar-refractivity contribution is 0.292. The topological polar surface area (TPSA) is 114 Å². The molecule has 0 amide bonds. The molecule has 6 heterocycles. The molecular weight excluding hydrogens is 568 g/mol.